The first kappa shape index (κ1) is 26.3. The molecule has 0 saturated heterocycles. The van der Waals surface area contributed by atoms with E-state index in [1.807, 2.05) is 32.1 Å². The van der Waals surface area contributed by atoms with Crippen LogP contribution in [0.4, 0.5) is 5.69 Å². The molecular weight excluding hydrogens is 388 g/mol. The fraction of sp³-hybridized carbons (Fsp3) is 0.480. The number of carboxylic acids is 1. The molecule has 1 aromatic rings. The molecule has 0 aliphatic rings. The van der Waals surface area contributed by atoms with E-state index in [9.17, 15) is 4.79 Å². The minimum absolute atomic E-state index is 0.240. The van der Waals surface area contributed by atoms with E-state index in [0.717, 1.165) is 55.8 Å². The molecule has 6 heteroatoms. The van der Waals surface area contributed by atoms with E-state index < -0.39 is 5.97 Å². The monoisotopic (exact) mass is 426 g/mol. The van der Waals surface area contributed by atoms with Crippen LogP contribution in [0.15, 0.2) is 58.8 Å². The third-order valence-corrected chi connectivity index (χ3v) is 4.90. The zero-order valence-electron chi connectivity index (χ0n) is 19.2. The molecule has 0 spiro atoms. The number of nitrogens with two attached hydrogens (primary N) is 1. The molecule has 0 fully saturated rings. The number of hydrogen-bond donors (Lipinski definition) is 3. The summed E-state index contributed by atoms with van der Waals surface area (Å²) in [5.74, 6) is 0.869. The Morgan fingerprint density at radius 2 is 1.90 bits per heavy atom. The molecular formula is C25H38N4O2. The van der Waals surface area contributed by atoms with E-state index in [0.29, 0.717) is 18.3 Å². The van der Waals surface area contributed by atoms with Crippen LogP contribution in [0.5, 0.6) is 0 Å². The van der Waals surface area contributed by atoms with E-state index in [2.05, 4.69) is 47.0 Å². The Hall–Kier alpha value is -2.73. The summed E-state index contributed by atoms with van der Waals surface area (Å²) in [6, 6.07) is 8.26. The van der Waals surface area contributed by atoms with Gasteiger partial charge in [-0.2, -0.15) is 0 Å². The smallest absolute Gasteiger partial charge is 0.303 e. The summed E-state index contributed by atoms with van der Waals surface area (Å²) in [5, 5.41) is 12.0. The number of amidine groups is 1. The number of rotatable bonds is 14. The lowest BCUT2D eigenvalue weighted by Gasteiger charge is -2.09. The number of carbonyl (C=O) groups is 1. The topological polar surface area (TPSA) is 100 Å². The zero-order chi connectivity index (χ0) is 23.1. The lowest BCUT2D eigenvalue weighted by molar-refractivity contribution is -0.137. The van der Waals surface area contributed by atoms with Gasteiger partial charge in [-0.1, -0.05) is 38.1 Å². The van der Waals surface area contributed by atoms with Gasteiger partial charge in [0.1, 0.15) is 11.7 Å². The molecule has 1 aromatic carbocycles. The zero-order valence-corrected chi connectivity index (χ0v) is 19.2. The average molecular weight is 427 g/mol. The molecule has 1 unspecified atom stereocenters. The Morgan fingerprint density at radius 1 is 1.19 bits per heavy atom. The lowest BCUT2D eigenvalue weighted by Crippen LogP contribution is -2.07. The Kier molecular flexibility index (Phi) is 12.8. The van der Waals surface area contributed by atoms with Crippen LogP contribution < -0.4 is 11.1 Å². The van der Waals surface area contributed by atoms with Crippen LogP contribution in [-0.4, -0.2) is 29.2 Å². The van der Waals surface area contributed by atoms with Crippen molar-refractivity contribution in [2.24, 2.45) is 21.6 Å². The molecule has 0 saturated carbocycles. The Balaban J connectivity index is 2.55. The van der Waals surface area contributed by atoms with E-state index in [4.69, 9.17) is 10.8 Å². The first-order valence-corrected chi connectivity index (χ1v) is 11.1. The molecule has 170 valence electrons. The molecule has 0 aliphatic carbocycles. The van der Waals surface area contributed by atoms with E-state index >= 15 is 0 Å². The first-order chi connectivity index (χ1) is 14.8. The molecule has 0 heterocycles. The number of hydrogen-bond acceptors (Lipinski definition) is 4. The van der Waals surface area contributed by atoms with Gasteiger partial charge in [0.15, 0.2) is 0 Å². The van der Waals surface area contributed by atoms with Crippen molar-refractivity contribution in [3.05, 3.63) is 54.4 Å². The molecule has 6 nitrogen and oxygen atoms in total. The van der Waals surface area contributed by atoms with Gasteiger partial charge in [0, 0.05) is 17.8 Å². The summed E-state index contributed by atoms with van der Waals surface area (Å²) in [5.41, 5.74) is 8.65. The molecule has 0 aromatic heterocycles. The van der Waals surface area contributed by atoms with Crippen LogP contribution in [0.2, 0.25) is 0 Å². The summed E-state index contributed by atoms with van der Waals surface area (Å²) >= 11 is 0. The molecule has 0 radical (unpaired) electrons. The minimum atomic E-state index is -0.727. The number of nitrogens with one attached hydrogen (secondary N) is 1. The number of carboxylic acid groups (broad SMARTS) is 1. The maximum Gasteiger partial charge on any atom is 0.303 e. The van der Waals surface area contributed by atoms with Crippen LogP contribution in [0.1, 0.15) is 64.9 Å². The van der Waals surface area contributed by atoms with Crippen molar-refractivity contribution in [2.75, 3.05) is 11.9 Å². The average Bonchev–Trinajstić information content (AvgIpc) is 2.72. The van der Waals surface area contributed by atoms with Crippen LogP contribution in [0.3, 0.4) is 0 Å². The highest BCUT2D eigenvalue weighted by Crippen LogP contribution is 2.15. The predicted molar refractivity (Wildman–Crippen MR) is 132 cm³/mol. The summed E-state index contributed by atoms with van der Waals surface area (Å²) in [6.45, 7) is 10.6. The summed E-state index contributed by atoms with van der Waals surface area (Å²) < 4.78 is 0. The largest absolute Gasteiger partial charge is 0.481 e. The molecule has 1 atom stereocenters. The number of aliphatic carboxylic acids is 1. The van der Waals surface area contributed by atoms with Crippen molar-refractivity contribution >= 4 is 23.2 Å². The van der Waals surface area contributed by atoms with Gasteiger partial charge in [-0.25, -0.2) is 9.98 Å². The van der Waals surface area contributed by atoms with Gasteiger partial charge in [0.25, 0.3) is 0 Å². The molecule has 0 aliphatic heterocycles. The highest BCUT2D eigenvalue weighted by Gasteiger charge is 2.04. The Morgan fingerprint density at radius 3 is 2.52 bits per heavy atom. The van der Waals surface area contributed by atoms with Gasteiger partial charge in [0.2, 0.25) is 0 Å². The van der Waals surface area contributed by atoms with Crippen LogP contribution >= 0.6 is 0 Å². The number of aliphatic imine (C=N–C) groups is 2. The molecule has 31 heavy (non-hydrogen) atoms. The van der Waals surface area contributed by atoms with Crippen LogP contribution in [0.25, 0.3) is 0 Å². The third-order valence-electron chi connectivity index (χ3n) is 4.90. The first-order valence-electron chi connectivity index (χ1n) is 11.1. The van der Waals surface area contributed by atoms with Gasteiger partial charge in [-0.15, -0.1) is 0 Å². The molecule has 4 N–H and O–H groups in total. The summed E-state index contributed by atoms with van der Waals surface area (Å²) in [6.07, 6.45) is 10.0. The fourth-order valence-electron chi connectivity index (χ4n) is 3.15. The number of aryl methyl sites for hydroxylation is 1. The standard InChI is InChI=1S/C25H38N4O2/c1-5-22(9-6-7-11-25(30)31)13-12-19(2)27-20(3)28-21(4)29-24-16-14-23(15-17-24)10-8-18-26/h12-17,22H,3,5-11,18,26H2,1-2,4H3,(H,28,29)(H,30,31)/b13-12-,27-19?. The van der Waals surface area contributed by atoms with Gasteiger partial charge in [0.05, 0.1) is 0 Å². The second-order valence-corrected chi connectivity index (χ2v) is 7.75. The van der Waals surface area contributed by atoms with Crippen molar-refractivity contribution in [1.82, 2.24) is 0 Å². The number of anilines is 1. The Labute approximate surface area is 187 Å². The fourth-order valence-corrected chi connectivity index (χ4v) is 3.15. The number of unbranched alkanes of at least 4 members (excludes halogenated alkanes) is 1. The van der Waals surface area contributed by atoms with E-state index in [1.54, 1.807) is 0 Å². The minimum Gasteiger partial charge on any atom is -0.481 e. The van der Waals surface area contributed by atoms with E-state index in [-0.39, 0.29) is 6.42 Å². The SMILES string of the molecule is C=C(N=C(C)/C=C\C(CC)CCCCC(=O)O)N=C(C)Nc1ccc(CCCN)cc1. The van der Waals surface area contributed by atoms with Crippen LogP contribution in [0, 0.1) is 5.92 Å². The van der Waals surface area contributed by atoms with Crippen LogP contribution in [-0.2, 0) is 11.2 Å². The summed E-state index contributed by atoms with van der Waals surface area (Å²) in [7, 11) is 0. The van der Waals surface area contributed by atoms with Crippen molar-refractivity contribution in [1.29, 1.82) is 0 Å². The van der Waals surface area contributed by atoms with Crippen molar-refractivity contribution in [3.8, 4) is 0 Å². The van der Waals surface area contributed by atoms with Gasteiger partial charge in [-0.05, 0) is 82.2 Å². The molecule has 1 rings (SSSR count). The van der Waals surface area contributed by atoms with E-state index in [1.165, 1.54) is 5.56 Å². The highest BCUT2D eigenvalue weighted by atomic mass is 16.4. The van der Waals surface area contributed by atoms with Gasteiger partial charge >= 0.3 is 5.97 Å². The third kappa shape index (κ3) is 12.5. The number of allylic oxidation sites excluding steroid dienone is 2. The molecule has 0 bridgehead atoms. The second-order valence-electron chi connectivity index (χ2n) is 7.75. The quantitative estimate of drug-likeness (QED) is 0.206. The maximum atomic E-state index is 10.6. The number of benzene rings is 1. The van der Waals surface area contributed by atoms with Crippen molar-refractivity contribution in [3.63, 3.8) is 0 Å². The number of nitrogens with zero attached hydrogens (tertiary/aromatic N) is 2. The molecule has 0 amide bonds. The lowest BCUT2D eigenvalue weighted by atomic mass is 9.97. The predicted octanol–water partition coefficient (Wildman–Crippen LogP) is 5.57. The van der Waals surface area contributed by atoms with Crippen molar-refractivity contribution < 1.29 is 9.90 Å². The summed E-state index contributed by atoms with van der Waals surface area (Å²) in [4.78, 5) is 19.5. The maximum absolute atomic E-state index is 10.6. The highest BCUT2D eigenvalue weighted by molar-refractivity contribution is 5.95. The normalized spacial score (nSPS) is 13.4. The Bertz CT molecular complexity index is 779. The van der Waals surface area contributed by atoms with Gasteiger partial charge < -0.3 is 16.2 Å². The second kappa shape index (κ2) is 15.1. The van der Waals surface area contributed by atoms with Crippen molar-refractivity contribution in [2.45, 2.75) is 65.7 Å². The van der Waals surface area contributed by atoms with Gasteiger partial charge in [-0.3, -0.25) is 4.79 Å².